The molecule has 2 aromatic carbocycles. The van der Waals surface area contributed by atoms with Crippen molar-refractivity contribution in [2.75, 3.05) is 68.1 Å². The van der Waals surface area contributed by atoms with Crippen LogP contribution < -0.4 is 25.9 Å². The molecule has 2 aromatic rings. The first-order valence-corrected chi connectivity index (χ1v) is 12.5. The molecule has 188 valence electrons. The van der Waals surface area contributed by atoms with Crippen LogP contribution in [-0.4, -0.2) is 75.6 Å². The molecule has 0 bridgehead atoms. The van der Waals surface area contributed by atoms with E-state index in [0.717, 1.165) is 51.4 Å². The van der Waals surface area contributed by atoms with Crippen LogP contribution in [0, 0.1) is 19.7 Å². The van der Waals surface area contributed by atoms with E-state index in [2.05, 4.69) is 76.3 Å². The summed E-state index contributed by atoms with van der Waals surface area (Å²) in [7, 11) is 4.21. The molecule has 2 aliphatic rings. The largest absolute Gasteiger partial charge is 0.375 e. The topological polar surface area (TPSA) is 63.4 Å². The fourth-order valence-electron chi connectivity index (χ4n) is 4.86. The van der Waals surface area contributed by atoms with Crippen LogP contribution in [0.15, 0.2) is 35.4 Å². The van der Waals surface area contributed by atoms with E-state index in [0.29, 0.717) is 17.3 Å². The van der Waals surface area contributed by atoms with Crippen molar-refractivity contribution < 1.29 is 4.39 Å². The highest BCUT2D eigenvalue weighted by Crippen LogP contribution is 2.33. The van der Waals surface area contributed by atoms with Crippen molar-refractivity contribution in [3.05, 3.63) is 52.8 Å². The van der Waals surface area contributed by atoms with Crippen molar-refractivity contribution in [2.24, 2.45) is 10.8 Å². The van der Waals surface area contributed by atoms with Crippen LogP contribution in [0.3, 0.4) is 0 Å². The standard InChI is InChI=1S/C26H36FN7S/c1-18-5-6-21(13-19(18)2)32-9-11-33(12-10-32)25-15-24(34-8-7-22(17-34)31(3)4)20(14-23(25)27)16-29-30-26(28)35/h5-6,13-16,22H,7-12,17H2,1-4H3,(H3,28,30,35)/b29-16+/t22-/m1/s1. The predicted octanol–water partition coefficient (Wildman–Crippen LogP) is 3.08. The molecule has 2 fully saturated rings. The summed E-state index contributed by atoms with van der Waals surface area (Å²) in [5, 5.41) is 4.18. The van der Waals surface area contributed by atoms with E-state index >= 15 is 4.39 Å². The summed E-state index contributed by atoms with van der Waals surface area (Å²) in [5.41, 5.74) is 14.2. The fourth-order valence-corrected chi connectivity index (χ4v) is 4.91. The van der Waals surface area contributed by atoms with Gasteiger partial charge in [0.05, 0.1) is 11.9 Å². The summed E-state index contributed by atoms with van der Waals surface area (Å²) < 4.78 is 15.4. The van der Waals surface area contributed by atoms with Crippen LogP contribution in [0.4, 0.5) is 21.5 Å². The Kier molecular flexibility index (Phi) is 7.76. The highest BCUT2D eigenvalue weighted by atomic mass is 32.1. The van der Waals surface area contributed by atoms with Crippen LogP contribution in [0.2, 0.25) is 0 Å². The maximum absolute atomic E-state index is 15.4. The molecule has 9 heteroatoms. The number of anilines is 3. The Labute approximate surface area is 213 Å². The van der Waals surface area contributed by atoms with Gasteiger partial charge >= 0.3 is 0 Å². The fraction of sp³-hybridized carbons (Fsp3) is 0.462. The van der Waals surface area contributed by atoms with E-state index in [-0.39, 0.29) is 10.9 Å². The van der Waals surface area contributed by atoms with Crippen LogP contribution in [0.1, 0.15) is 23.1 Å². The maximum atomic E-state index is 15.4. The third-order valence-corrected chi connectivity index (χ3v) is 7.28. The number of hydrogen-bond donors (Lipinski definition) is 2. The minimum atomic E-state index is -0.242. The Balaban J connectivity index is 1.56. The van der Waals surface area contributed by atoms with Crippen LogP contribution in [0.25, 0.3) is 0 Å². The molecule has 0 radical (unpaired) electrons. The highest BCUT2D eigenvalue weighted by molar-refractivity contribution is 7.80. The number of benzene rings is 2. The normalized spacial score (nSPS) is 18.7. The third-order valence-electron chi connectivity index (χ3n) is 7.18. The molecule has 0 unspecified atom stereocenters. The Hall–Kier alpha value is -2.91. The van der Waals surface area contributed by atoms with E-state index in [4.69, 9.17) is 18.0 Å². The molecule has 2 saturated heterocycles. The summed E-state index contributed by atoms with van der Waals surface area (Å²) >= 11 is 4.84. The number of piperazine rings is 1. The second-order valence-corrected chi connectivity index (χ2v) is 10.1. The number of nitrogens with zero attached hydrogens (tertiary/aromatic N) is 5. The lowest BCUT2D eigenvalue weighted by Crippen LogP contribution is -2.47. The second-order valence-electron chi connectivity index (χ2n) is 9.69. The number of rotatable bonds is 6. The van der Waals surface area contributed by atoms with Gasteiger partial charge in [0.25, 0.3) is 0 Å². The van der Waals surface area contributed by atoms with E-state index < -0.39 is 0 Å². The third kappa shape index (κ3) is 5.85. The second kappa shape index (κ2) is 10.8. The van der Waals surface area contributed by atoms with Crippen molar-refractivity contribution in [1.82, 2.24) is 10.3 Å². The number of hydrogen-bond acceptors (Lipinski definition) is 6. The number of halogens is 1. The van der Waals surface area contributed by atoms with Gasteiger partial charge in [-0.25, -0.2) is 4.39 Å². The number of aryl methyl sites for hydroxylation is 2. The summed E-state index contributed by atoms with van der Waals surface area (Å²) in [6, 6.07) is 10.6. The minimum absolute atomic E-state index is 0.0791. The number of likely N-dealkylation sites (N-methyl/N-ethyl adjacent to an activating group) is 1. The zero-order chi connectivity index (χ0) is 25.1. The summed E-state index contributed by atoms with van der Waals surface area (Å²) in [5.74, 6) is -0.242. The molecule has 0 spiro atoms. The molecular formula is C26H36FN7S. The lowest BCUT2D eigenvalue weighted by molar-refractivity contribution is 0.315. The average molecular weight is 498 g/mol. The molecule has 0 amide bonds. The lowest BCUT2D eigenvalue weighted by Gasteiger charge is -2.38. The van der Waals surface area contributed by atoms with Gasteiger partial charge in [0.2, 0.25) is 0 Å². The monoisotopic (exact) mass is 497 g/mol. The van der Waals surface area contributed by atoms with Crippen molar-refractivity contribution >= 4 is 40.6 Å². The Morgan fingerprint density at radius 1 is 1.03 bits per heavy atom. The molecule has 0 aliphatic carbocycles. The van der Waals surface area contributed by atoms with Gasteiger partial charge in [-0.05, 0) is 82.0 Å². The SMILES string of the molecule is Cc1ccc(N2CCN(c3cc(N4CC[C@@H](N(C)C)C4)c(/C=N/NC(N)=S)cc3F)CC2)cc1C. The average Bonchev–Trinajstić information content (AvgIpc) is 3.31. The molecule has 7 nitrogen and oxygen atoms in total. The van der Waals surface area contributed by atoms with Crippen LogP contribution in [0.5, 0.6) is 0 Å². The highest BCUT2D eigenvalue weighted by Gasteiger charge is 2.28. The van der Waals surface area contributed by atoms with E-state index in [1.165, 1.54) is 16.8 Å². The number of nitrogens with one attached hydrogen (secondary N) is 1. The molecule has 1 atom stereocenters. The quantitative estimate of drug-likeness (QED) is 0.361. The van der Waals surface area contributed by atoms with Crippen LogP contribution >= 0.6 is 12.2 Å². The molecule has 35 heavy (non-hydrogen) atoms. The predicted molar refractivity (Wildman–Crippen MR) is 149 cm³/mol. The first kappa shape index (κ1) is 25.2. The summed E-state index contributed by atoms with van der Waals surface area (Å²) in [6.07, 6.45) is 2.66. The Morgan fingerprint density at radius 3 is 2.37 bits per heavy atom. The van der Waals surface area contributed by atoms with Gasteiger partial charge < -0.3 is 25.3 Å². The number of hydrazone groups is 1. The van der Waals surface area contributed by atoms with E-state index in [9.17, 15) is 0 Å². The number of thiocarbonyl (C=S) groups is 1. The lowest BCUT2D eigenvalue weighted by atomic mass is 10.1. The van der Waals surface area contributed by atoms with Gasteiger partial charge in [0.1, 0.15) is 5.82 Å². The minimum Gasteiger partial charge on any atom is -0.375 e. The molecule has 4 rings (SSSR count). The number of nitrogens with two attached hydrogens (primary N) is 1. The molecule has 3 N–H and O–H groups in total. The van der Waals surface area contributed by atoms with Gasteiger partial charge in [-0.1, -0.05) is 6.07 Å². The van der Waals surface area contributed by atoms with Crippen molar-refractivity contribution in [3.63, 3.8) is 0 Å². The van der Waals surface area contributed by atoms with Gasteiger partial charge in [-0.3, -0.25) is 5.43 Å². The van der Waals surface area contributed by atoms with Crippen molar-refractivity contribution in [3.8, 4) is 0 Å². The molecule has 0 aromatic heterocycles. The first-order chi connectivity index (χ1) is 16.7. The van der Waals surface area contributed by atoms with Gasteiger partial charge in [-0.15, -0.1) is 0 Å². The van der Waals surface area contributed by atoms with Gasteiger partial charge in [-0.2, -0.15) is 5.10 Å². The molecule has 2 aliphatic heterocycles. The first-order valence-electron chi connectivity index (χ1n) is 12.1. The van der Waals surface area contributed by atoms with Gasteiger partial charge in [0, 0.05) is 62.2 Å². The van der Waals surface area contributed by atoms with Crippen molar-refractivity contribution in [2.45, 2.75) is 26.3 Å². The maximum Gasteiger partial charge on any atom is 0.184 e. The summed E-state index contributed by atoms with van der Waals surface area (Å²) in [4.78, 5) is 9.11. The van der Waals surface area contributed by atoms with Crippen molar-refractivity contribution in [1.29, 1.82) is 0 Å². The summed E-state index contributed by atoms with van der Waals surface area (Å²) in [6.45, 7) is 9.32. The molecule has 2 heterocycles. The smallest absolute Gasteiger partial charge is 0.184 e. The Morgan fingerprint density at radius 2 is 1.74 bits per heavy atom. The van der Waals surface area contributed by atoms with E-state index in [1.54, 1.807) is 12.3 Å². The van der Waals surface area contributed by atoms with Crippen LogP contribution in [-0.2, 0) is 0 Å². The Bertz CT molecular complexity index is 1100. The van der Waals surface area contributed by atoms with E-state index in [1.807, 2.05) is 6.07 Å². The zero-order valence-electron chi connectivity index (χ0n) is 21.1. The van der Waals surface area contributed by atoms with Gasteiger partial charge in [0.15, 0.2) is 5.11 Å². The molecule has 0 saturated carbocycles. The zero-order valence-corrected chi connectivity index (χ0v) is 21.9. The molecular weight excluding hydrogens is 461 g/mol.